The fraction of sp³-hybridized carbons (Fsp3) is 0.333. The Kier molecular flexibility index (Phi) is 4.39. The van der Waals surface area contributed by atoms with Crippen LogP contribution in [0.5, 0.6) is 0 Å². The van der Waals surface area contributed by atoms with Crippen LogP contribution in [-0.4, -0.2) is 23.2 Å². The minimum atomic E-state index is -3.78. The molecule has 3 rings (SSSR count). The zero-order valence-electron chi connectivity index (χ0n) is 15.7. The highest BCUT2D eigenvalue weighted by molar-refractivity contribution is 7.92. The highest BCUT2D eigenvalue weighted by Gasteiger charge is 2.29. The Morgan fingerprint density at radius 3 is 2.35 bits per heavy atom. The molecular weight excluding hydrogens is 352 g/mol. The highest BCUT2D eigenvalue weighted by Crippen LogP contribution is 2.33. The van der Waals surface area contributed by atoms with Gasteiger partial charge in [0.1, 0.15) is 10.6 Å². The summed E-state index contributed by atoms with van der Waals surface area (Å²) in [4.78, 5) is 0.228. The van der Waals surface area contributed by atoms with E-state index >= 15 is 0 Å². The average molecular weight is 374 g/mol. The van der Waals surface area contributed by atoms with E-state index in [4.69, 9.17) is 4.42 Å². The predicted molar refractivity (Wildman–Crippen MR) is 99.6 cm³/mol. The van der Waals surface area contributed by atoms with E-state index in [-0.39, 0.29) is 4.90 Å². The number of aromatic nitrogens is 3. The van der Waals surface area contributed by atoms with Crippen molar-refractivity contribution in [2.75, 3.05) is 4.72 Å². The van der Waals surface area contributed by atoms with Crippen LogP contribution in [0, 0.1) is 34.6 Å². The molecule has 138 valence electrons. The van der Waals surface area contributed by atoms with Crippen molar-refractivity contribution < 1.29 is 12.8 Å². The number of nitrogens with one attached hydrogen (secondary N) is 1. The summed E-state index contributed by atoms with van der Waals surface area (Å²) in [5, 5.41) is 7.87. The first-order chi connectivity index (χ1) is 12.1. The minimum Gasteiger partial charge on any atom is -0.420 e. The number of sulfonamides is 1. The first-order valence-corrected chi connectivity index (χ1v) is 9.67. The number of benzene rings is 1. The molecule has 0 atom stereocenters. The second-order valence-corrected chi connectivity index (χ2v) is 8.05. The Morgan fingerprint density at radius 2 is 1.73 bits per heavy atom. The molecule has 0 aliphatic heterocycles. The first-order valence-electron chi connectivity index (χ1n) is 8.19. The summed E-state index contributed by atoms with van der Waals surface area (Å²) in [5.41, 5.74) is 4.27. The van der Waals surface area contributed by atoms with Crippen molar-refractivity contribution in [3.63, 3.8) is 0 Å². The number of anilines is 1. The van der Waals surface area contributed by atoms with E-state index in [9.17, 15) is 8.42 Å². The van der Waals surface area contributed by atoms with Gasteiger partial charge in [0.2, 0.25) is 5.89 Å². The van der Waals surface area contributed by atoms with Crippen molar-refractivity contribution in [2.45, 2.75) is 39.5 Å². The molecule has 7 nitrogen and oxygen atoms in total. The van der Waals surface area contributed by atoms with Gasteiger partial charge < -0.3 is 8.98 Å². The molecular formula is C18H22N4O3S. The van der Waals surface area contributed by atoms with Gasteiger partial charge >= 0.3 is 0 Å². The molecule has 2 aromatic heterocycles. The number of nitrogens with zero attached hydrogens (tertiary/aromatic N) is 3. The molecule has 0 radical (unpaired) electrons. The monoisotopic (exact) mass is 374 g/mol. The van der Waals surface area contributed by atoms with E-state index in [1.165, 1.54) is 0 Å². The summed E-state index contributed by atoms with van der Waals surface area (Å²) < 4.78 is 36.2. The van der Waals surface area contributed by atoms with Gasteiger partial charge in [0.15, 0.2) is 0 Å². The Hall–Kier alpha value is -2.61. The van der Waals surface area contributed by atoms with Crippen molar-refractivity contribution in [2.24, 2.45) is 7.05 Å². The van der Waals surface area contributed by atoms with Crippen LogP contribution >= 0.6 is 0 Å². The molecule has 0 bridgehead atoms. The van der Waals surface area contributed by atoms with E-state index in [1.807, 2.05) is 26.0 Å². The lowest BCUT2D eigenvalue weighted by atomic mass is 10.1. The normalized spacial score (nSPS) is 11.8. The molecule has 0 fully saturated rings. The molecule has 26 heavy (non-hydrogen) atoms. The maximum Gasteiger partial charge on any atom is 0.264 e. The molecule has 3 aromatic rings. The third-order valence-corrected chi connectivity index (χ3v) is 6.34. The van der Waals surface area contributed by atoms with Crippen LogP contribution in [0.2, 0.25) is 0 Å². The third-order valence-electron chi connectivity index (χ3n) is 4.71. The predicted octanol–water partition coefficient (Wildman–Crippen LogP) is 3.42. The fourth-order valence-corrected chi connectivity index (χ4v) is 4.74. The van der Waals surface area contributed by atoms with Gasteiger partial charge in [-0.1, -0.05) is 12.1 Å². The average Bonchev–Trinajstić information content (AvgIpc) is 3.06. The molecule has 0 amide bonds. The molecule has 0 aliphatic rings. The van der Waals surface area contributed by atoms with E-state index in [0.717, 1.165) is 11.1 Å². The molecule has 0 unspecified atom stereocenters. The van der Waals surface area contributed by atoms with Crippen LogP contribution < -0.4 is 4.72 Å². The lowest BCUT2D eigenvalue weighted by Crippen LogP contribution is -2.15. The Balaban J connectivity index is 2.13. The SMILES string of the molecule is Cc1nnc(-c2c(C)c(S(=O)(=O)Nc3cccc(C)c3C)c(C)n2C)o1. The summed E-state index contributed by atoms with van der Waals surface area (Å²) in [5.74, 6) is 0.731. The van der Waals surface area contributed by atoms with Crippen LogP contribution in [0.3, 0.4) is 0 Å². The summed E-state index contributed by atoms with van der Waals surface area (Å²) in [6, 6.07) is 5.54. The Bertz CT molecular complexity index is 1090. The van der Waals surface area contributed by atoms with Crippen LogP contribution in [0.15, 0.2) is 27.5 Å². The number of hydrogen-bond donors (Lipinski definition) is 1. The largest absolute Gasteiger partial charge is 0.420 e. The van der Waals surface area contributed by atoms with Crippen LogP contribution in [-0.2, 0) is 17.1 Å². The maximum absolute atomic E-state index is 13.1. The lowest BCUT2D eigenvalue weighted by molar-refractivity contribution is 0.528. The maximum atomic E-state index is 13.1. The second-order valence-electron chi connectivity index (χ2n) is 6.43. The van der Waals surface area contributed by atoms with E-state index in [2.05, 4.69) is 14.9 Å². The molecule has 1 aromatic carbocycles. The van der Waals surface area contributed by atoms with Gasteiger partial charge in [-0.15, -0.1) is 10.2 Å². The molecule has 0 saturated carbocycles. The summed E-state index contributed by atoms with van der Waals surface area (Å²) >= 11 is 0. The van der Waals surface area contributed by atoms with Gasteiger partial charge in [-0.05, 0) is 44.9 Å². The van der Waals surface area contributed by atoms with Gasteiger partial charge in [-0.25, -0.2) is 8.42 Å². The zero-order chi connectivity index (χ0) is 19.2. The van der Waals surface area contributed by atoms with Crippen LogP contribution in [0.1, 0.15) is 28.3 Å². The number of rotatable bonds is 4. The van der Waals surface area contributed by atoms with Gasteiger partial charge in [0.05, 0.1) is 5.69 Å². The Morgan fingerprint density at radius 1 is 1.04 bits per heavy atom. The number of aryl methyl sites for hydroxylation is 2. The molecule has 2 heterocycles. The number of hydrogen-bond acceptors (Lipinski definition) is 5. The molecule has 0 spiro atoms. The first kappa shape index (κ1) is 18.2. The smallest absolute Gasteiger partial charge is 0.264 e. The third kappa shape index (κ3) is 2.90. The standard InChI is InChI=1S/C18H22N4O3S/c1-10-8-7-9-15(11(10)2)21-26(23,24)17-12(3)16(22(6)13(17)4)18-20-19-14(5)25-18/h7-9,21H,1-6H3. The van der Waals surface area contributed by atoms with Crippen molar-refractivity contribution >= 4 is 15.7 Å². The van der Waals surface area contributed by atoms with E-state index < -0.39 is 10.0 Å². The molecule has 0 saturated heterocycles. The van der Waals surface area contributed by atoms with Gasteiger partial charge in [0, 0.05) is 25.2 Å². The van der Waals surface area contributed by atoms with E-state index in [0.29, 0.717) is 34.4 Å². The molecule has 0 aliphatic carbocycles. The lowest BCUT2D eigenvalue weighted by Gasteiger charge is -2.13. The summed E-state index contributed by atoms with van der Waals surface area (Å²) in [6.45, 7) is 9.05. The fourth-order valence-electron chi connectivity index (χ4n) is 3.10. The van der Waals surface area contributed by atoms with Crippen molar-refractivity contribution in [1.29, 1.82) is 0 Å². The van der Waals surface area contributed by atoms with Gasteiger partial charge in [0.25, 0.3) is 15.9 Å². The molecule has 1 N–H and O–H groups in total. The summed E-state index contributed by atoms with van der Waals surface area (Å²) in [7, 11) is -1.99. The summed E-state index contributed by atoms with van der Waals surface area (Å²) in [6.07, 6.45) is 0. The van der Waals surface area contributed by atoms with Crippen LogP contribution in [0.25, 0.3) is 11.6 Å². The zero-order valence-corrected chi connectivity index (χ0v) is 16.5. The molecule has 8 heteroatoms. The quantitative estimate of drug-likeness (QED) is 0.756. The van der Waals surface area contributed by atoms with Gasteiger partial charge in [-0.3, -0.25) is 4.72 Å². The Labute approximate surface area is 153 Å². The minimum absolute atomic E-state index is 0.228. The van der Waals surface area contributed by atoms with E-state index in [1.54, 1.807) is 38.5 Å². The van der Waals surface area contributed by atoms with Gasteiger partial charge in [-0.2, -0.15) is 0 Å². The van der Waals surface area contributed by atoms with Crippen molar-refractivity contribution in [1.82, 2.24) is 14.8 Å². The topological polar surface area (TPSA) is 90.0 Å². The highest BCUT2D eigenvalue weighted by atomic mass is 32.2. The van der Waals surface area contributed by atoms with Crippen LogP contribution in [0.4, 0.5) is 5.69 Å². The van der Waals surface area contributed by atoms with Crippen molar-refractivity contribution in [3.05, 3.63) is 46.5 Å². The van der Waals surface area contributed by atoms with Crippen molar-refractivity contribution in [3.8, 4) is 11.6 Å². The second kappa shape index (κ2) is 6.28.